The first-order valence-electron chi connectivity index (χ1n) is 6.70. The largest absolute Gasteiger partial charge is 0.480 e. The van der Waals surface area contributed by atoms with E-state index in [1.54, 1.807) is 17.8 Å². The summed E-state index contributed by atoms with van der Waals surface area (Å²) < 4.78 is 0. The fourth-order valence-corrected chi connectivity index (χ4v) is 2.36. The van der Waals surface area contributed by atoms with Crippen LogP contribution in [0.5, 0.6) is 0 Å². The molecule has 0 aromatic heterocycles. The minimum absolute atomic E-state index is 0.323. The van der Waals surface area contributed by atoms with E-state index in [1.165, 1.54) is 0 Å². The van der Waals surface area contributed by atoms with Crippen molar-refractivity contribution in [1.82, 2.24) is 5.32 Å². The van der Waals surface area contributed by atoms with Crippen molar-refractivity contribution in [2.75, 3.05) is 12.0 Å². The van der Waals surface area contributed by atoms with E-state index < -0.39 is 12.0 Å². The average Bonchev–Trinajstić information content (AvgIpc) is 2.43. The van der Waals surface area contributed by atoms with Crippen molar-refractivity contribution in [3.8, 4) is 0 Å². The maximum absolute atomic E-state index is 12.1. The number of aryl methyl sites for hydroxylation is 1. The Morgan fingerprint density at radius 3 is 2.75 bits per heavy atom. The minimum atomic E-state index is -0.989. The van der Waals surface area contributed by atoms with E-state index in [0.717, 1.165) is 18.4 Å². The second kappa shape index (κ2) is 8.64. The molecule has 0 aliphatic carbocycles. The van der Waals surface area contributed by atoms with Gasteiger partial charge in [-0.25, -0.2) is 4.79 Å². The molecule has 0 radical (unpaired) electrons. The van der Waals surface area contributed by atoms with E-state index in [0.29, 0.717) is 17.7 Å². The van der Waals surface area contributed by atoms with Crippen molar-refractivity contribution >= 4 is 23.6 Å². The molecule has 5 heteroatoms. The van der Waals surface area contributed by atoms with Gasteiger partial charge >= 0.3 is 5.97 Å². The van der Waals surface area contributed by atoms with Crippen molar-refractivity contribution in [3.05, 3.63) is 35.4 Å². The molecule has 20 heavy (non-hydrogen) atoms. The van der Waals surface area contributed by atoms with Gasteiger partial charge in [0.25, 0.3) is 5.91 Å². The quantitative estimate of drug-likeness (QED) is 0.773. The number of hydrogen-bond donors (Lipinski definition) is 2. The lowest BCUT2D eigenvalue weighted by atomic mass is 10.1. The first kappa shape index (κ1) is 16.6. The second-order valence-corrected chi connectivity index (χ2v) is 5.58. The summed E-state index contributed by atoms with van der Waals surface area (Å²) in [6, 6.07) is 6.51. The van der Waals surface area contributed by atoms with Crippen LogP contribution in [0.15, 0.2) is 24.3 Å². The molecule has 1 atom stereocenters. The fraction of sp³-hybridized carbons (Fsp3) is 0.467. The molecule has 0 saturated heterocycles. The van der Waals surface area contributed by atoms with Gasteiger partial charge in [-0.2, -0.15) is 11.8 Å². The first-order valence-corrected chi connectivity index (χ1v) is 8.09. The summed E-state index contributed by atoms with van der Waals surface area (Å²) in [5.41, 5.74) is 1.61. The molecule has 0 unspecified atom stereocenters. The van der Waals surface area contributed by atoms with Crippen LogP contribution < -0.4 is 5.32 Å². The van der Waals surface area contributed by atoms with Crippen molar-refractivity contribution in [3.63, 3.8) is 0 Å². The molecule has 110 valence electrons. The Morgan fingerprint density at radius 2 is 2.15 bits per heavy atom. The number of carbonyl (C=O) groups is 2. The van der Waals surface area contributed by atoms with Crippen molar-refractivity contribution in [2.45, 2.75) is 32.2 Å². The van der Waals surface area contributed by atoms with Crippen LogP contribution in [0.1, 0.15) is 35.7 Å². The Balaban J connectivity index is 2.72. The van der Waals surface area contributed by atoms with Gasteiger partial charge in [-0.05, 0) is 42.5 Å². The van der Waals surface area contributed by atoms with Crippen LogP contribution in [0, 0.1) is 0 Å². The maximum Gasteiger partial charge on any atom is 0.326 e. The molecule has 1 aromatic carbocycles. The predicted molar refractivity (Wildman–Crippen MR) is 82.3 cm³/mol. The van der Waals surface area contributed by atoms with Gasteiger partial charge in [0.15, 0.2) is 0 Å². The number of amides is 1. The number of aliphatic carboxylic acids is 1. The van der Waals surface area contributed by atoms with Crippen LogP contribution in [-0.4, -0.2) is 35.0 Å². The zero-order valence-corrected chi connectivity index (χ0v) is 12.7. The number of benzene rings is 1. The molecule has 0 saturated carbocycles. The number of carboxylic acids is 1. The number of nitrogens with one attached hydrogen (secondary N) is 1. The number of hydrogen-bond acceptors (Lipinski definition) is 3. The highest BCUT2D eigenvalue weighted by atomic mass is 32.2. The summed E-state index contributed by atoms with van der Waals surface area (Å²) in [6.07, 6.45) is 4.26. The zero-order chi connectivity index (χ0) is 15.0. The Kier molecular flexibility index (Phi) is 7.15. The van der Waals surface area contributed by atoms with E-state index >= 15 is 0 Å². The number of thioether (sulfide) groups is 1. The standard InChI is InChI=1S/C15H21NO3S/c1-3-5-11-6-4-7-12(10-11)14(17)16-13(15(18)19)8-9-20-2/h4,6-7,10,13H,3,5,8-9H2,1-2H3,(H,16,17)(H,18,19)/t13-/m0/s1. The second-order valence-electron chi connectivity index (χ2n) is 4.60. The van der Waals surface area contributed by atoms with E-state index in [2.05, 4.69) is 12.2 Å². The highest BCUT2D eigenvalue weighted by Crippen LogP contribution is 2.09. The van der Waals surface area contributed by atoms with Crippen molar-refractivity contribution < 1.29 is 14.7 Å². The summed E-state index contributed by atoms with van der Waals surface area (Å²) in [6.45, 7) is 2.08. The third-order valence-electron chi connectivity index (χ3n) is 2.94. The molecule has 0 aliphatic heterocycles. The molecule has 4 nitrogen and oxygen atoms in total. The zero-order valence-electron chi connectivity index (χ0n) is 11.9. The van der Waals surface area contributed by atoms with Gasteiger partial charge in [-0.15, -0.1) is 0 Å². The Labute approximate surface area is 124 Å². The van der Waals surface area contributed by atoms with E-state index in [4.69, 9.17) is 5.11 Å². The van der Waals surface area contributed by atoms with Crippen LogP contribution in [-0.2, 0) is 11.2 Å². The Morgan fingerprint density at radius 1 is 1.40 bits per heavy atom. The summed E-state index contributed by atoms with van der Waals surface area (Å²) >= 11 is 1.56. The van der Waals surface area contributed by atoms with Crippen molar-refractivity contribution in [1.29, 1.82) is 0 Å². The third-order valence-corrected chi connectivity index (χ3v) is 3.59. The smallest absolute Gasteiger partial charge is 0.326 e. The normalized spacial score (nSPS) is 11.9. The van der Waals surface area contributed by atoms with Crippen LogP contribution >= 0.6 is 11.8 Å². The Hall–Kier alpha value is -1.49. The predicted octanol–water partition coefficient (Wildman–Crippen LogP) is 2.58. The Bertz CT molecular complexity index is 462. The van der Waals surface area contributed by atoms with E-state index in [-0.39, 0.29) is 5.91 Å². The summed E-state index contributed by atoms with van der Waals surface area (Å²) in [7, 11) is 0. The molecule has 1 aromatic rings. The molecule has 2 N–H and O–H groups in total. The molecule has 0 aliphatic rings. The van der Waals surface area contributed by atoms with E-state index in [1.807, 2.05) is 24.5 Å². The first-order chi connectivity index (χ1) is 9.58. The van der Waals surface area contributed by atoms with Gasteiger partial charge in [0, 0.05) is 5.56 Å². The highest BCUT2D eigenvalue weighted by Gasteiger charge is 2.20. The minimum Gasteiger partial charge on any atom is -0.480 e. The van der Waals surface area contributed by atoms with E-state index in [9.17, 15) is 9.59 Å². The lowest BCUT2D eigenvalue weighted by molar-refractivity contribution is -0.139. The van der Waals surface area contributed by atoms with Gasteiger partial charge in [-0.1, -0.05) is 25.5 Å². The highest BCUT2D eigenvalue weighted by molar-refractivity contribution is 7.98. The molecular weight excluding hydrogens is 274 g/mol. The monoisotopic (exact) mass is 295 g/mol. The molecule has 1 rings (SSSR count). The molecule has 0 spiro atoms. The molecule has 0 fully saturated rings. The summed E-state index contributed by atoms with van der Waals surface area (Å²) in [4.78, 5) is 23.2. The van der Waals surface area contributed by atoms with Crippen LogP contribution in [0.4, 0.5) is 0 Å². The summed E-state index contributed by atoms with van der Waals surface area (Å²) in [5.74, 6) is -0.610. The number of carbonyl (C=O) groups excluding carboxylic acids is 1. The van der Waals surface area contributed by atoms with Gasteiger partial charge in [0.1, 0.15) is 6.04 Å². The molecule has 1 amide bonds. The number of rotatable bonds is 8. The fourth-order valence-electron chi connectivity index (χ4n) is 1.89. The lowest BCUT2D eigenvalue weighted by Gasteiger charge is -2.14. The number of carboxylic acid groups (broad SMARTS) is 1. The topological polar surface area (TPSA) is 66.4 Å². The molecule has 0 heterocycles. The van der Waals surface area contributed by atoms with Crippen LogP contribution in [0.3, 0.4) is 0 Å². The van der Waals surface area contributed by atoms with Gasteiger partial charge in [0.05, 0.1) is 0 Å². The van der Waals surface area contributed by atoms with Gasteiger partial charge < -0.3 is 10.4 Å². The summed E-state index contributed by atoms with van der Waals surface area (Å²) in [5, 5.41) is 11.7. The average molecular weight is 295 g/mol. The third kappa shape index (κ3) is 5.25. The van der Waals surface area contributed by atoms with Crippen molar-refractivity contribution in [2.24, 2.45) is 0 Å². The molecule has 0 bridgehead atoms. The van der Waals surface area contributed by atoms with Crippen LogP contribution in [0.2, 0.25) is 0 Å². The lowest BCUT2D eigenvalue weighted by Crippen LogP contribution is -2.41. The van der Waals surface area contributed by atoms with Gasteiger partial charge in [0.2, 0.25) is 0 Å². The SMILES string of the molecule is CCCc1cccc(C(=O)N[C@@H](CCSC)C(=O)O)c1. The maximum atomic E-state index is 12.1. The molecular formula is C15H21NO3S. The van der Waals surface area contributed by atoms with Crippen LogP contribution in [0.25, 0.3) is 0 Å². The van der Waals surface area contributed by atoms with Gasteiger partial charge in [-0.3, -0.25) is 4.79 Å².